The molecule has 7 heteroatoms. The van der Waals surface area contributed by atoms with Crippen molar-refractivity contribution in [2.45, 2.75) is 17.1 Å². The Morgan fingerprint density at radius 3 is 2.58 bits per heavy atom. The van der Waals surface area contributed by atoms with Gasteiger partial charge in [0.15, 0.2) is 0 Å². The molecule has 0 fully saturated rings. The highest BCUT2D eigenvalue weighted by atomic mass is 32.2. The van der Waals surface area contributed by atoms with Gasteiger partial charge in [-0.05, 0) is 29.8 Å². The summed E-state index contributed by atoms with van der Waals surface area (Å²) in [4.78, 5) is 28.8. The van der Waals surface area contributed by atoms with Gasteiger partial charge in [-0.3, -0.25) is 9.59 Å². The molecular weight excluding hydrogens is 366 g/mol. The van der Waals surface area contributed by atoms with Gasteiger partial charge < -0.3 is 11.1 Å². The first kappa shape index (κ1) is 18.2. The second kappa shape index (κ2) is 8.64. The van der Waals surface area contributed by atoms with Crippen LogP contribution in [-0.2, 0) is 17.0 Å². The minimum atomic E-state index is -0.382. The van der Waals surface area contributed by atoms with Gasteiger partial charge >= 0.3 is 0 Å². The summed E-state index contributed by atoms with van der Waals surface area (Å²) < 4.78 is 0. The number of carbonyl (C=O) groups is 2. The normalized spacial score (nSPS) is 10.5. The van der Waals surface area contributed by atoms with Crippen molar-refractivity contribution in [1.29, 1.82) is 0 Å². The molecule has 0 unspecified atom stereocenters. The van der Waals surface area contributed by atoms with Crippen molar-refractivity contribution in [3.8, 4) is 0 Å². The van der Waals surface area contributed by atoms with Crippen LogP contribution in [0, 0.1) is 0 Å². The van der Waals surface area contributed by atoms with Crippen molar-refractivity contribution in [1.82, 2.24) is 4.98 Å². The maximum atomic E-state index is 12.6. The first-order valence-electron chi connectivity index (χ1n) is 7.89. The number of hydrogen-bond donors (Lipinski definition) is 2. The van der Waals surface area contributed by atoms with Gasteiger partial charge in [0.05, 0.1) is 23.2 Å². The fourth-order valence-electron chi connectivity index (χ4n) is 2.35. The van der Waals surface area contributed by atoms with Crippen LogP contribution in [0.25, 0.3) is 0 Å². The molecule has 3 N–H and O–H groups in total. The van der Waals surface area contributed by atoms with Crippen LogP contribution in [0.15, 0.2) is 64.3 Å². The molecule has 3 aromatic rings. The maximum Gasteiger partial charge on any atom is 0.256 e. The number of carbonyl (C=O) groups excluding carboxylic acids is 2. The Bertz CT molecular complexity index is 893. The molecule has 0 saturated heterocycles. The lowest BCUT2D eigenvalue weighted by Gasteiger charge is -2.10. The molecule has 0 atom stereocenters. The summed E-state index contributed by atoms with van der Waals surface area (Å²) >= 11 is 3.14. The maximum absolute atomic E-state index is 12.6. The summed E-state index contributed by atoms with van der Waals surface area (Å²) in [6.45, 7) is 0. The molecule has 1 aromatic heterocycles. The lowest BCUT2D eigenvalue weighted by atomic mass is 10.1. The lowest BCUT2D eigenvalue weighted by Crippen LogP contribution is -2.14. The van der Waals surface area contributed by atoms with E-state index in [4.69, 9.17) is 5.73 Å². The number of nitrogens with one attached hydrogen (secondary N) is 1. The summed E-state index contributed by atoms with van der Waals surface area (Å²) in [6.07, 6.45) is 0.185. The van der Waals surface area contributed by atoms with Gasteiger partial charge in [0.25, 0.3) is 5.91 Å². The number of nitrogens with two attached hydrogens (primary N) is 1. The molecule has 132 valence electrons. The van der Waals surface area contributed by atoms with Crippen LogP contribution < -0.4 is 11.1 Å². The standard InChI is InChI=1S/C19H17N3O2S2/c20-18(23)9-13-5-7-14(8-6-13)22-19(24)16-3-1-2-4-17(16)26-11-15-10-25-12-21-15/h1-8,10,12H,9,11H2,(H2,20,23)(H,22,24). The third-order valence-electron chi connectivity index (χ3n) is 3.58. The third kappa shape index (κ3) is 4.93. The SMILES string of the molecule is NC(=O)Cc1ccc(NC(=O)c2ccccc2SCc2cscn2)cc1. The summed E-state index contributed by atoms with van der Waals surface area (Å²) in [6, 6.07) is 14.6. The summed E-state index contributed by atoms with van der Waals surface area (Å²) in [5.41, 5.74) is 10.1. The van der Waals surface area contributed by atoms with E-state index < -0.39 is 0 Å². The van der Waals surface area contributed by atoms with E-state index in [1.165, 1.54) is 0 Å². The number of thioether (sulfide) groups is 1. The van der Waals surface area contributed by atoms with Crippen LogP contribution in [0.4, 0.5) is 5.69 Å². The lowest BCUT2D eigenvalue weighted by molar-refractivity contribution is -0.117. The van der Waals surface area contributed by atoms with Crippen molar-refractivity contribution < 1.29 is 9.59 Å². The molecule has 2 aromatic carbocycles. The first-order chi connectivity index (χ1) is 12.6. The summed E-state index contributed by atoms with van der Waals surface area (Å²) in [5, 5.41) is 4.89. The highest BCUT2D eigenvalue weighted by molar-refractivity contribution is 7.98. The summed E-state index contributed by atoms with van der Waals surface area (Å²) in [5.74, 6) is 0.164. The Kier molecular flexibility index (Phi) is 6.04. The number of rotatable bonds is 7. The Labute approximate surface area is 159 Å². The number of primary amides is 1. The van der Waals surface area contributed by atoms with Gasteiger partial charge in [0.2, 0.25) is 5.91 Å². The zero-order valence-electron chi connectivity index (χ0n) is 13.8. The number of hydrogen-bond acceptors (Lipinski definition) is 5. The fraction of sp³-hybridized carbons (Fsp3) is 0.105. The van der Waals surface area contributed by atoms with E-state index in [0.29, 0.717) is 11.3 Å². The van der Waals surface area contributed by atoms with E-state index in [9.17, 15) is 9.59 Å². The van der Waals surface area contributed by atoms with Crippen LogP contribution in [0.3, 0.4) is 0 Å². The molecule has 0 saturated carbocycles. The van der Waals surface area contributed by atoms with Gasteiger partial charge in [-0.1, -0.05) is 24.3 Å². The molecule has 0 aliphatic heterocycles. The van der Waals surface area contributed by atoms with Crippen molar-refractivity contribution in [2.75, 3.05) is 5.32 Å². The Morgan fingerprint density at radius 2 is 1.88 bits per heavy atom. The molecule has 1 heterocycles. The smallest absolute Gasteiger partial charge is 0.256 e. The van der Waals surface area contributed by atoms with E-state index in [1.54, 1.807) is 58.9 Å². The zero-order valence-corrected chi connectivity index (χ0v) is 15.5. The monoisotopic (exact) mass is 383 g/mol. The fourth-order valence-corrected chi connectivity index (χ4v) is 3.96. The predicted octanol–water partition coefficient (Wildman–Crippen LogP) is 3.72. The van der Waals surface area contributed by atoms with Crippen molar-refractivity contribution in [3.63, 3.8) is 0 Å². The van der Waals surface area contributed by atoms with Crippen LogP contribution >= 0.6 is 23.1 Å². The molecule has 0 spiro atoms. The van der Waals surface area contributed by atoms with Crippen molar-refractivity contribution in [3.05, 3.63) is 76.2 Å². The van der Waals surface area contributed by atoms with Crippen LogP contribution in [0.2, 0.25) is 0 Å². The molecule has 5 nitrogen and oxygen atoms in total. The van der Waals surface area contributed by atoms with Crippen molar-refractivity contribution in [2.24, 2.45) is 5.73 Å². The van der Waals surface area contributed by atoms with Crippen LogP contribution in [0.5, 0.6) is 0 Å². The van der Waals surface area contributed by atoms with Gasteiger partial charge in [-0.2, -0.15) is 0 Å². The van der Waals surface area contributed by atoms with Gasteiger partial charge in [0, 0.05) is 21.7 Å². The van der Waals surface area contributed by atoms with E-state index in [-0.39, 0.29) is 18.2 Å². The number of nitrogens with zero attached hydrogens (tertiary/aromatic N) is 1. The molecule has 3 rings (SSSR count). The number of benzene rings is 2. The number of thiazole rings is 1. The molecule has 0 aliphatic rings. The number of amides is 2. The quantitative estimate of drug-likeness (QED) is 0.609. The Hall–Kier alpha value is -2.64. The molecule has 0 radical (unpaired) electrons. The van der Waals surface area contributed by atoms with E-state index in [0.717, 1.165) is 21.9 Å². The Morgan fingerprint density at radius 1 is 1.12 bits per heavy atom. The zero-order chi connectivity index (χ0) is 18.4. The second-order valence-electron chi connectivity index (χ2n) is 5.56. The average molecular weight is 383 g/mol. The molecule has 26 heavy (non-hydrogen) atoms. The number of aromatic nitrogens is 1. The topological polar surface area (TPSA) is 85.1 Å². The summed E-state index contributed by atoms with van der Waals surface area (Å²) in [7, 11) is 0. The second-order valence-corrected chi connectivity index (χ2v) is 7.29. The Balaban J connectivity index is 1.68. The average Bonchev–Trinajstić information content (AvgIpc) is 3.15. The van der Waals surface area contributed by atoms with E-state index in [1.807, 2.05) is 23.6 Å². The molecular formula is C19H17N3O2S2. The minimum absolute atomic E-state index is 0.172. The van der Waals surface area contributed by atoms with Crippen molar-refractivity contribution >= 4 is 40.6 Å². The van der Waals surface area contributed by atoms with Gasteiger partial charge in [-0.15, -0.1) is 23.1 Å². The minimum Gasteiger partial charge on any atom is -0.369 e. The van der Waals surface area contributed by atoms with E-state index in [2.05, 4.69) is 10.3 Å². The first-order valence-corrected chi connectivity index (χ1v) is 9.82. The van der Waals surface area contributed by atoms with E-state index >= 15 is 0 Å². The molecule has 2 amide bonds. The molecule has 0 bridgehead atoms. The van der Waals surface area contributed by atoms with Gasteiger partial charge in [-0.25, -0.2) is 4.98 Å². The highest BCUT2D eigenvalue weighted by Gasteiger charge is 2.12. The molecule has 0 aliphatic carbocycles. The van der Waals surface area contributed by atoms with Crippen LogP contribution in [0.1, 0.15) is 21.6 Å². The number of anilines is 1. The predicted molar refractivity (Wildman–Crippen MR) is 105 cm³/mol. The highest BCUT2D eigenvalue weighted by Crippen LogP contribution is 2.27. The van der Waals surface area contributed by atoms with Gasteiger partial charge in [0.1, 0.15) is 0 Å². The van der Waals surface area contributed by atoms with Crippen LogP contribution in [-0.4, -0.2) is 16.8 Å². The largest absolute Gasteiger partial charge is 0.369 e. The third-order valence-corrected chi connectivity index (χ3v) is 5.32.